The number of carbonyl (C=O) groups excluding carboxylic acids is 3. The number of aldehydes is 1. The summed E-state index contributed by atoms with van der Waals surface area (Å²) in [5.74, 6) is 0.644. The Balaban J connectivity index is 2.73. The third-order valence-electron chi connectivity index (χ3n) is 4.54. The predicted molar refractivity (Wildman–Crippen MR) is 95.1 cm³/mol. The van der Waals surface area contributed by atoms with Gasteiger partial charge in [0.05, 0.1) is 0 Å². The van der Waals surface area contributed by atoms with Crippen LogP contribution in [0, 0.1) is 17.8 Å². The Kier molecular flexibility index (Phi) is 7.90. The second kappa shape index (κ2) is 9.20. The standard InChI is InChI=1S/C19H33NO5/c1-12(2)14-8-7-13(3)11-16(14)24-17(22)15(9-10-21)20-18(23)25-19(4,5)6/h10,12-16H,7-9,11H2,1-6H3,(H,20,23)/t13-,14+,15+,16-/m1/s1. The molecule has 1 rings (SSSR count). The molecule has 1 N–H and O–H groups in total. The van der Waals surface area contributed by atoms with Crippen molar-refractivity contribution in [2.75, 3.05) is 0 Å². The lowest BCUT2D eigenvalue weighted by Crippen LogP contribution is -2.47. The van der Waals surface area contributed by atoms with Crippen molar-refractivity contribution in [3.63, 3.8) is 0 Å². The van der Waals surface area contributed by atoms with E-state index < -0.39 is 23.7 Å². The lowest BCUT2D eigenvalue weighted by Gasteiger charge is -2.37. The second-order valence-corrected chi connectivity index (χ2v) is 8.40. The fourth-order valence-corrected chi connectivity index (χ4v) is 3.24. The van der Waals surface area contributed by atoms with Crippen LogP contribution in [0.3, 0.4) is 0 Å². The average Bonchev–Trinajstić information content (AvgIpc) is 2.44. The van der Waals surface area contributed by atoms with Gasteiger partial charge in [0.25, 0.3) is 0 Å². The fourth-order valence-electron chi connectivity index (χ4n) is 3.24. The number of nitrogens with one attached hydrogen (secondary N) is 1. The van der Waals surface area contributed by atoms with E-state index in [1.54, 1.807) is 20.8 Å². The Morgan fingerprint density at radius 2 is 1.88 bits per heavy atom. The van der Waals surface area contributed by atoms with Crippen LogP contribution in [0.4, 0.5) is 4.79 Å². The molecule has 6 nitrogen and oxygen atoms in total. The van der Waals surface area contributed by atoms with Gasteiger partial charge in [-0.15, -0.1) is 0 Å². The molecule has 1 amide bonds. The first-order valence-corrected chi connectivity index (χ1v) is 9.17. The van der Waals surface area contributed by atoms with Gasteiger partial charge in [0.15, 0.2) is 0 Å². The maximum atomic E-state index is 12.5. The van der Waals surface area contributed by atoms with E-state index in [4.69, 9.17) is 9.47 Å². The first-order chi connectivity index (χ1) is 11.5. The highest BCUT2D eigenvalue weighted by Gasteiger charge is 2.35. The summed E-state index contributed by atoms with van der Waals surface area (Å²) in [6.45, 7) is 11.6. The van der Waals surface area contributed by atoms with Crippen LogP contribution >= 0.6 is 0 Å². The van der Waals surface area contributed by atoms with Crippen LogP contribution in [0.5, 0.6) is 0 Å². The van der Waals surface area contributed by atoms with Gasteiger partial charge in [0.1, 0.15) is 24.0 Å². The van der Waals surface area contributed by atoms with Crippen molar-refractivity contribution in [2.45, 2.75) is 85.0 Å². The monoisotopic (exact) mass is 355 g/mol. The number of hydrogen-bond acceptors (Lipinski definition) is 5. The van der Waals surface area contributed by atoms with Gasteiger partial charge in [-0.3, -0.25) is 0 Å². The minimum absolute atomic E-state index is 0.132. The van der Waals surface area contributed by atoms with Crippen LogP contribution in [-0.2, 0) is 19.1 Å². The molecule has 0 aliphatic heterocycles. The molecule has 1 aliphatic rings. The van der Waals surface area contributed by atoms with E-state index in [9.17, 15) is 14.4 Å². The highest BCUT2D eigenvalue weighted by atomic mass is 16.6. The van der Waals surface area contributed by atoms with E-state index in [2.05, 4.69) is 26.1 Å². The molecule has 4 atom stereocenters. The average molecular weight is 355 g/mol. The molecule has 0 spiro atoms. The molecular weight excluding hydrogens is 322 g/mol. The van der Waals surface area contributed by atoms with E-state index in [0.29, 0.717) is 24.0 Å². The molecule has 0 aromatic carbocycles. The number of alkyl carbamates (subject to hydrolysis) is 1. The summed E-state index contributed by atoms with van der Waals surface area (Å²) in [5.41, 5.74) is -0.679. The second-order valence-electron chi connectivity index (χ2n) is 8.40. The number of esters is 1. The zero-order valence-corrected chi connectivity index (χ0v) is 16.3. The van der Waals surface area contributed by atoms with Crippen LogP contribution in [0.25, 0.3) is 0 Å². The normalized spacial score (nSPS) is 25.2. The molecule has 0 aromatic heterocycles. The number of hydrogen-bond donors (Lipinski definition) is 1. The van der Waals surface area contributed by atoms with Gasteiger partial charge in [-0.2, -0.15) is 0 Å². The third-order valence-corrected chi connectivity index (χ3v) is 4.54. The lowest BCUT2D eigenvalue weighted by atomic mass is 9.75. The maximum absolute atomic E-state index is 12.5. The molecule has 144 valence electrons. The minimum atomic E-state index is -1.02. The highest BCUT2D eigenvalue weighted by Crippen LogP contribution is 2.35. The van der Waals surface area contributed by atoms with Crippen LogP contribution in [0.15, 0.2) is 0 Å². The molecule has 1 aliphatic carbocycles. The number of rotatable bonds is 6. The molecule has 25 heavy (non-hydrogen) atoms. The predicted octanol–water partition coefficient (Wildman–Crippen LogP) is 3.47. The smallest absolute Gasteiger partial charge is 0.408 e. The SMILES string of the molecule is CC(C)[C@@H]1CC[C@@H](C)C[C@H]1OC(=O)[C@H](CC=O)NC(=O)OC(C)(C)C. The molecular formula is C19H33NO5. The Labute approximate surface area is 151 Å². The summed E-state index contributed by atoms with van der Waals surface area (Å²) < 4.78 is 10.9. The Bertz CT molecular complexity index is 469. The molecule has 0 unspecified atom stereocenters. The maximum Gasteiger partial charge on any atom is 0.408 e. The Morgan fingerprint density at radius 3 is 2.40 bits per heavy atom. The lowest BCUT2D eigenvalue weighted by molar-refractivity contribution is -0.159. The number of carbonyl (C=O) groups is 3. The minimum Gasteiger partial charge on any atom is -0.461 e. The summed E-state index contributed by atoms with van der Waals surface area (Å²) in [4.78, 5) is 35.3. The summed E-state index contributed by atoms with van der Waals surface area (Å²) >= 11 is 0. The van der Waals surface area contributed by atoms with Crippen LogP contribution in [0.2, 0.25) is 0 Å². The van der Waals surface area contributed by atoms with E-state index in [1.165, 1.54) is 0 Å². The Hall–Kier alpha value is -1.59. The Morgan fingerprint density at radius 1 is 1.24 bits per heavy atom. The first kappa shape index (κ1) is 21.5. The van der Waals surface area contributed by atoms with Crippen molar-refractivity contribution >= 4 is 18.3 Å². The summed E-state index contributed by atoms with van der Waals surface area (Å²) in [5, 5.41) is 2.45. The van der Waals surface area contributed by atoms with Crippen molar-refractivity contribution < 1.29 is 23.9 Å². The van der Waals surface area contributed by atoms with E-state index in [1.807, 2.05) is 0 Å². The molecule has 0 radical (unpaired) electrons. The van der Waals surface area contributed by atoms with Gasteiger partial charge in [0, 0.05) is 6.42 Å². The molecule has 6 heteroatoms. The van der Waals surface area contributed by atoms with E-state index in [0.717, 1.165) is 19.3 Å². The van der Waals surface area contributed by atoms with Gasteiger partial charge >= 0.3 is 12.1 Å². The molecule has 0 bridgehead atoms. The van der Waals surface area contributed by atoms with Gasteiger partial charge in [-0.1, -0.05) is 27.2 Å². The van der Waals surface area contributed by atoms with Crippen molar-refractivity contribution in [1.82, 2.24) is 5.32 Å². The third kappa shape index (κ3) is 7.45. The fraction of sp³-hybridized carbons (Fsp3) is 0.842. The van der Waals surface area contributed by atoms with Gasteiger partial charge in [-0.05, 0) is 51.4 Å². The van der Waals surface area contributed by atoms with Gasteiger partial charge in [0.2, 0.25) is 0 Å². The summed E-state index contributed by atoms with van der Waals surface area (Å²) in [6, 6.07) is -1.02. The van der Waals surface area contributed by atoms with Crippen molar-refractivity contribution in [1.29, 1.82) is 0 Å². The van der Waals surface area contributed by atoms with Gasteiger partial charge in [-0.25, -0.2) is 9.59 Å². The van der Waals surface area contributed by atoms with Crippen LogP contribution < -0.4 is 5.32 Å². The highest BCUT2D eigenvalue weighted by molar-refractivity contribution is 5.83. The first-order valence-electron chi connectivity index (χ1n) is 9.17. The van der Waals surface area contributed by atoms with E-state index >= 15 is 0 Å². The van der Waals surface area contributed by atoms with E-state index in [-0.39, 0.29) is 12.5 Å². The summed E-state index contributed by atoms with van der Waals surface area (Å²) in [6.07, 6.45) is 2.54. The number of ether oxygens (including phenoxy) is 2. The van der Waals surface area contributed by atoms with Crippen LogP contribution in [-0.4, -0.2) is 36.1 Å². The topological polar surface area (TPSA) is 81.7 Å². The van der Waals surface area contributed by atoms with Crippen molar-refractivity contribution in [3.8, 4) is 0 Å². The molecule has 0 saturated heterocycles. The molecule has 0 heterocycles. The number of amides is 1. The van der Waals surface area contributed by atoms with Crippen LogP contribution in [0.1, 0.15) is 67.2 Å². The molecule has 0 aromatic rings. The zero-order chi connectivity index (χ0) is 19.2. The largest absolute Gasteiger partial charge is 0.461 e. The quantitative estimate of drug-likeness (QED) is 0.583. The van der Waals surface area contributed by atoms with Crippen molar-refractivity contribution in [3.05, 3.63) is 0 Å². The van der Waals surface area contributed by atoms with Gasteiger partial charge < -0.3 is 19.6 Å². The molecule has 1 fully saturated rings. The zero-order valence-electron chi connectivity index (χ0n) is 16.3. The summed E-state index contributed by atoms with van der Waals surface area (Å²) in [7, 11) is 0. The molecule has 1 saturated carbocycles. The van der Waals surface area contributed by atoms with Crippen molar-refractivity contribution in [2.24, 2.45) is 17.8 Å².